The number of aliphatic hydroxyl groups excluding tert-OH is 1. The van der Waals surface area contributed by atoms with Crippen molar-refractivity contribution >= 4 is 5.84 Å². The number of amidine groups is 1. The summed E-state index contributed by atoms with van der Waals surface area (Å²) >= 11 is 0. The van der Waals surface area contributed by atoms with E-state index in [1.165, 1.54) is 0 Å². The Balaban J connectivity index is 2.60. The van der Waals surface area contributed by atoms with Crippen molar-refractivity contribution < 1.29 is 10.3 Å². The van der Waals surface area contributed by atoms with Crippen LogP contribution in [0, 0.1) is 5.41 Å². The zero-order valence-corrected chi connectivity index (χ0v) is 5.04. The third kappa shape index (κ3) is 0.853. The predicted molar refractivity (Wildman–Crippen MR) is 32.2 cm³/mol. The van der Waals surface area contributed by atoms with Gasteiger partial charge in [0, 0.05) is 0 Å². The van der Waals surface area contributed by atoms with Crippen molar-refractivity contribution in [2.24, 2.45) is 16.3 Å². The number of nitrogens with two attached hydrogens (primary N) is 1. The molecule has 0 aromatic heterocycles. The quantitative estimate of drug-likeness (QED) is 0.204. The van der Waals surface area contributed by atoms with Crippen LogP contribution in [0.2, 0.25) is 0 Å². The number of nitrogens with zero attached hydrogens (tertiary/aromatic N) is 1. The summed E-state index contributed by atoms with van der Waals surface area (Å²) in [7, 11) is 0. The van der Waals surface area contributed by atoms with Gasteiger partial charge >= 0.3 is 0 Å². The molecule has 0 aromatic carbocycles. The molecule has 4 N–H and O–H groups in total. The first kappa shape index (κ1) is 6.35. The maximum absolute atomic E-state index is 8.69. The van der Waals surface area contributed by atoms with Crippen molar-refractivity contribution in [1.82, 2.24) is 0 Å². The summed E-state index contributed by atoms with van der Waals surface area (Å²) < 4.78 is 0. The van der Waals surface area contributed by atoms with Crippen molar-refractivity contribution in [2.45, 2.75) is 12.8 Å². The molecule has 4 heteroatoms. The Morgan fingerprint density at radius 3 is 2.33 bits per heavy atom. The topological polar surface area (TPSA) is 78.8 Å². The average molecular weight is 130 g/mol. The van der Waals surface area contributed by atoms with Crippen LogP contribution >= 0.6 is 0 Å². The second-order valence-electron chi connectivity index (χ2n) is 2.42. The molecule has 0 amide bonds. The van der Waals surface area contributed by atoms with E-state index >= 15 is 0 Å². The normalized spacial score (nSPS) is 23.9. The minimum Gasteiger partial charge on any atom is -0.409 e. The minimum absolute atomic E-state index is 0.0110. The maximum atomic E-state index is 8.69. The SMILES string of the molecule is NC(=NO)C1(CO)CC1. The van der Waals surface area contributed by atoms with Crippen molar-refractivity contribution in [1.29, 1.82) is 0 Å². The van der Waals surface area contributed by atoms with Crippen LogP contribution in [0.15, 0.2) is 5.16 Å². The highest BCUT2D eigenvalue weighted by Gasteiger charge is 2.46. The maximum Gasteiger partial charge on any atom is 0.147 e. The van der Waals surface area contributed by atoms with Crippen LogP contribution in [0.25, 0.3) is 0 Å². The van der Waals surface area contributed by atoms with E-state index in [1.54, 1.807) is 0 Å². The van der Waals surface area contributed by atoms with Crippen molar-refractivity contribution in [3.05, 3.63) is 0 Å². The summed E-state index contributed by atoms with van der Waals surface area (Å²) in [4.78, 5) is 0. The van der Waals surface area contributed by atoms with E-state index in [0.717, 1.165) is 12.8 Å². The van der Waals surface area contributed by atoms with Crippen LogP contribution in [0.4, 0.5) is 0 Å². The third-order valence-corrected chi connectivity index (χ3v) is 1.81. The fraction of sp³-hybridized carbons (Fsp3) is 0.800. The van der Waals surface area contributed by atoms with E-state index in [2.05, 4.69) is 5.16 Å². The number of rotatable bonds is 2. The van der Waals surface area contributed by atoms with Gasteiger partial charge in [0.2, 0.25) is 0 Å². The van der Waals surface area contributed by atoms with Crippen LogP contribution < -0.4 is 5.73 Å². The van der Waals surface area contributed by atoms with Crippen LogP contribution in [0.1, 0.15) is 12.8 Å². The Morgan fingerprint density at radius 2 is 2.22 bits per heavy atom. The molecule has 1 fully saturated rings. The van der Waals surface area contributed by atoms with E-state index in [9.17, 15) is 0 Å². The van der Waals surface area contributed by atoms with Gasteiger partial charge in [0.05, 0.1) is 12.0 Å². The molecule has 0 spiro atoms. The summed E-state index contributed by atoms with van der Waals surface area (Å²) in [5.74, 6) is 0.157. The monoisotopic (exact) mass is 130 g/mol. The number of hydrogen-bond acceptors (Lipinski definition) is 3. The largest absolute Gasteiger partial charge is 0.409 e. The molecular formula is C5H10N2O2. The van der Waals surface area contributed by atoms with Gasteiger partial charge in [-0.2, -0.15) is 0 Å². The van der Waals surface area contributed by atoms with Gasteiger partial charge < -0.3 is 16.0 Å². The highest BCUT2D eigenvalue weighted by atomic mass is 16.4. The van der Waals surface area contributed by atoms with Crippen LogP contribution in [-0.2, 0) is 0 Å². The molecule has 1 aliphatic rings. The lowest BCUT2D eigenvalue weighted by Gasteiger charge is -2.06. The molecule has 0 aromatic rings. The van der Waals surface area contributed by atoms with Gasteiger partial charge in [-0.1, -0.05) is 5.16 Å². The van der Waals surface area contributed by atoms with Gasteiger partial charge in [0.1, 0.15) is 5.84 Å². The van der Waals surface area contributed by atoms with Crippen LogP contribution in [0.5, 0.6) is 0 Å². The van der Waals surface area contributed by atoms with E-state index in [4.69, 9.17) is 16.0 Å². The summed E-state index contributed by atoms with van der Waals surface area (Å²) in [6.45, 7) is -0.0110. The highest BCUT2D eigenvalue weighted by Crippen LogP contribution is 2.44. The standard InChI is InChI=1S/C5H10N2O2/c6-4(7-9)5(3-8)1-2-5/h8-9H,1-3H2,(H2,6,7). The molecular weight excluding hydrogens is 120 g/mol. The highest BCUT2D eigenvalue weighted by molar-refractivity contribution is 5.88. The zero-order chi connectivity index (χ0) is 6.91. The molecule has 9 heavy (non-hydrogen) atoms. The number of hydrogen-bond donors (Lipinski definition) is 3. The molecule has 0 unspecified atom stereocenters. The lowest BCUT2D eigenvalue weighted by atomic mass is 10.1. The van der Waals surface area contributed by atoms with Crippen LogP contribution in [0.3, 0.4) is 0 Å². The van der Waals surface area contributed by atoms with Gasteiger partial charge in [0.25, 0.3) is 0 Å². The van der Waals surface area contributed by atoms with E-state index in [1.807, 2.05) is 0 Å². The summed E-state index contributed by atoms with van der Waals surface area (Å²) in [6, 6.07) is 0. The first-order chi connectivity index (χ1) is 4.25. The van der Waals surface area contributed by atoms with E-state index in [-0.39, 0.29) is 17.9 Å². The lowest BCUT2D eigenvalue weighted by molar-refractivity contribution is 0.243. The van der Waals surface area contributed by atoms with Gasteiger partial charge in [-0.05, 0) is 12.8 Å². The van der Waals surface area contributed by atoms with Crippen LogP contribution in [-0.4, -0.2) is 22.8 Å². The van der Waals surface area contributed by atoms with Gasteiger partial charge in [-0.3, -0.25) is 0 Å². The number of oxime groups is 1. The fourth-order valence-electron chi connectivity index (χ4n) is 0.752. The molecule has 0 aliphatic heterocycles. The van der Waals surface area contributed by atoms with Gasteiger partial charge in [-0.25, -0.2) is 0 Å². The molecule has 0 saturated heterocycles. The molecule has 0 atom stereocenters. The predicted octanol–water partition coefficient (Wildman–Crippen LogP) is -0.495. The smallest absolute Gasteiger partial charge is 0.147 e. The second kappa shape index (κ2) is 1.88. The van der Waals surface area contributed by atoms with Gasteiger partial charge in [0.15, 0.2) is 0 Å². The minimum atomic E-state index is -0.366. The fourth-order valence-corrected chi connectivity index (χ4v) is 0.752. The molecule has 1 saturated carbocycles. The Bertz CT molecular complexity index is 140. The average Bonchev–Trinajstić information content (AvgIpc) is 2.66. The van der Waals surface area contributed by atoms with Gasteiger partial charge in [-0.15, -0.1) is 0 Å². The summed E-state index contributed by atoms with van der Waals surface area (Å²) in [6.07, 6.45) is 1.67. The lowest BCUT2D eigenvalue weighted by Crippen LogP contribution is -2.28. The summed E-state index contributed by atoms with van der Waals surface area (Å²) in [5, 5.41) is 19.7. The van der Waals surface area contributed by atoms with Crippen molar-refractivity contribution in [2.75, 3.05) is 6.61 Å². The number of aliphatic hydroxyl groups is 1. The molecule has 1 rings (SSSR count). The Labute approximate surface area is 53.0 Å². The van der Waals surface area contributed by atoms with Crippen molar-refractivity contribution in [3.63, 3.8) is 0 Å². The molecule has 0 radical (unpaired) electrons. The molecule has 52 valence electrons. The zero-order valence-electron chi connectivity index (χ0n) is 5.04. The Morgan fingerprint density at radius 1 is 1.67 bits per heavy atom. The second-order valence-corrected chi connectivity index (χ2v) is 2.42. The van der Waals surface area contributed by atoms with E-state index < -0.39 is 0 Å². The first-order valence-corrected chi connectivity index (χ1v) is 2.84. The molecule has 4 nitrogen and oxygen atoms in total. The Hall–Kier alpha value is -0.770. The molecule has 0 bridgehead atoms. The molecule has 1 aliphatic carbocycles. The first-order valence-electron chi connectivity index (χ1n) is 2.84. The van der Waals surface area contributed by atoms with E-state index in [0.29, 0.717) is 0 Å². The molecule has 0 heterocycles. The Kier molecular flexibility index (Phi) is 1.32. The third-order valence-electron chi connectivity index (χ3n) is 1.81. The van der Waals surface area contributed by atoms with Crippen molar-refractivity contribution in [3.8, 4) is 0 Å². The summed E-state index contributed by atoms with van der Waals surface area (Å²) in [5.41, 5.74) is 4.90.